The summed E-state index contributed by atoms with van der Waals surface area (Å²) in [4.78, 5) is 9.15. The zero-order chi connectivity index (χ0) is 70.4. The normalized spacial score (nSPS) is 10.6. The Morgan fingerprint density at radius 3 is 1.60 bits per heavy atom. The quantitative estimate of drug-likeness (QED) is 0.130. The number of para-hydroxylation sites is 3. The highest BCUT2D eigenvalue weighted by atomic mass is 79.9. The summed E-state index contributed by atoms with van der Waals surface area (Å²) in [6.45, 7) is 22.3. The van der Waals surface area contributed by atoms with Gasteiger partial charge >= 0.3 is 5.89 Å². The third-order valence-electron chi connectivity index (χ3n) is 16.4. The molecule has 13 nitrogen and oxygen atoms in total. The third-order valence-corrected chi connectivity index (χ3v) is 17.2. The van der Waals surface area contributed by atoms with Gasteiger partial charge in [0.05, 0.1) is 34.6 Å². The number of aromatic amines is 3. The first-order valence-electron chi connectivity index (χ1n) is 34.1. The molecule has 0 amide bonds. The van der Waals surface area contributed by atoms with Gasteiger partial charge in [-0.15, -0.1) is 0 Å². The molecule has 4 N–H and O–H groups in total. The Labute approximate surface area is 591 Å². The van der Waals surface area contributed by atoms with Crippen molar-refractivity contribution in [3.8, 4) is 0 Å². The molecule has 1 unspecified atom stereocenters. The molecule has 0 aliphatic rings. The van der Waals surface area contributed by atoms with Gasteiger partial charge in [-0.25, -0.2) is 41.9 Å². The second-order valence-electron chi connectivity index (χ2n) is 24.4. The fourth-order valence-corrected chi connectivity index (χ4v) is 10.7. The first kappa shape index (κ1) is 77.1. The van der Waals surface area contributed by atoms with Gasteiger partial charge < -0.3 is 9.52 Å². The van der Waals surface area contributed by atoms with Gasteiger partial charge in [-0.3, -0.25) is 0 Å². The number of H-pyrrole nitrogens is 3. The van der Waals surface area contributed by atoms with Crippen LogP contribution in [0.5, 0.6) is 0 Å². The van der Waals surface area contributed by atoms with Gasteiger partial charge in [0.1, 0.15) is 45.0 Å². The Bertz CT molecular complexity index is 4430. The molecule has 5 aromatic carbocycles. The van der Waals surface area contributed by atoms with E-state index in [9.17, 15) is 5.11 Å². The predicted octanol–water partition coefficient (Wildman–Crippen LogP) is 14.4. The minimum Gasteiger partial charge on any atom is -0.402 e. The van der Waals surface area contributed by atoms with E-state index in [1.807, 2.05) is 151 Å². The van der Waals surface area contributed by atoms with Gasteiger partial charge in [0, 0.05) is 133 Å². The van der Waals surface area contributed by atoms with Gasteiger partial charge in [0.25, 0.3) is 11.6 Å². The molecule has 1 atom stereocenters. The molecule has 0 bridgehead atoms. The Morgan fingerprint density at radius 2 is 1.07 bits per heavy atom. The van der Waals surface area contributed by atoms with Crippen LogP contribution in [0.4, 0.5) is 0 Å². The summed E-state index contributed by atoms with van der Waals surface area (Å²) in [5.41, 5.74) is 6.96. The maximum atomic E-state index is 9.40. The number of oxazole rings is 1. The molecule has 0 aliphatic heterocycles. The number of rotatable bonds is 11. The van der Waals surface area contributed by atoms with Crippen LogP contribution < -0.4 is 42.4 Å². The largest absolute Gasteiger partial charge is 0.402 e. The van der Waals surface area contributed by atoms with Gasteiger partial charge in [-0.05, 0) is 59.7 Å². The van der Waals surface area contributed by atoms with E-state index in [1.54, 1.807) is 0 Å². The Morgan fingerprint density at radius 1 is 0.500 bits per heavy atom. The lowest BCUT2D eigenvalue weighted by molar-refractivity contribution is -0.729. The summed E-state index contributed by atoms with van der Waals surface area (Å²) in [6, 6.07) is 68.0. The van der Waals surface area contributed by atoms with Crippen LogP contribution in [0.15, 0.2) is 290 Å². The van der Waals surface area contributed by atoms with E-state index in [2.05, 4.69) is 288 Å². The number of aliphatic hydroxyl groups is 1. The summed E-state index contributed by atoms with van der Waals surface area (Å²) < 4.78 is 23.7. The number of fused-ring (bicyclic) bond motifs is 4. The average molecular weight is 1380 g/mol. The standard InChI is InChI=1S/C16H13BrN.C14H18NO.C10H10N.C9H17N2.C9H14N.C8H7NO.C7H9N.C6H11N2.C5H5N/c17-16-8-4-3-7-15(16)12-18-10-9-13-5-1-2-6-14(13)11-18;1-11(2)14(10-16)15-8-7-12-5-3-4-6-13(12)9-15;1-11-8-4-6-9-5-2-3-7-10(9)11;1-4-5-6-11-8-7-10(3)9(11)2;1-2-3-7-10-8-5-4-6-9-10;1-6-9-7-4-2-3-5-8(7)10-6;1-6-4-3-5-7(2)8-6;1-6-7(2)4-5-8(6)3;1-2-4-6-5-3-1/h1-11H,12H2;3-9,11,14,16H,10H2,1-2H3;2-8H,1H3;7-8H,4-6H2,1-3H3;4-6,8-9H,2-3,7H2,1H3;2-5H,1H3;3-5H,1-2H3;4-5H,1-3H3;1-5H/q5*+1;;;+1;/p+3. The molecule has 14 aromatic rings. The van der Waals surface area contributed by atoms with E-state index >= 15 is 0 Å². The van der Waals surface area contributed by atoms with Gasteiger partial charge in [0.2, 0.25) is 16.6 Å². The highest BCUT2D eigenvalue weighted by molar-refractivity contribution is 9.10. The van der Waals surface area contributed by atoms with E-state index in [1.165, 1.54) is 86.7 Å². The number of nitrogens with zero attached hydrogens (tertiary/aromatic N) is 8. The van der Waals surface area contributed by atoms with Crippen molar-refractivity contribution in [2.45, 2.75) is 114 Å². The molecule has 0 spiro atoms. The summed E-state index contributed by atoms with van der Waals surface area (Å²) >= 11 is 3.59. The summed E-state index contributed by atoms with van der Waals surface area (Å²) in [7, 11) is 8.21. The zero-order valence-corrected chi connectivity index (χ0v) is 61.8. The lowest BCUT2D eigenvalue weighted by Crippen LogP contribution is -2.43. The Hall–Kier alpha value is -9.89. The van der Waals surface area contributed by atoms with Crippen molar-refractivity contribution < 1.29 is 51.9 Å². The molecule has 9 aromatic heterocycles. The molecular formula is C84H107BrN11O2+9. The minimum atomic E-state index is 0.157. The highest BCUT2D eigenvalue weighted by Crippen LogP contribution is 2.18. The van der Waals surface area contributed by atoms with Crippen LogP contribution in [0.2, 0.25) is 0 Å². The molecule has 0 fully saturated rings. The predicted molar refractivity (Wildman–Crippen MR) is 399 cm³/mol. The van der Waals surface area contributed by atoms with E-state index in [0.29, 0.717) is 5.92 Å². The second kappa shape index (κ2) is 42.6. The second-order valence-corrected chi connectivity index (χ2v) is 25.3. The van der Waals surface area contributed by atoms with Crippen molar-refractivity contribution >= 4 is 59.5 Å². The topological polar surface area (TPSA) is 109 Å². The first-order chi connectivity index (χ1) is 47.5. The number of unbranched alkanes of at least 4 members (excludes halogenated alkanes) is 2. The van der Waals surface area contributed by atoms with Crippen LogP contribution in [-0.4, -0.2) is 20.8 Å². The van der Waals surface area contributed by atoms with Crippen molar-refractivity contribution in [2.75, 3.05) is 6.61 Å². The Kier molecular flexibility index (Phi) is 33.5. The molecule has 0 radical (unpaired) electrons. The van der Waals surface area contributed by atoms with Crippen molar-refractivity contribution in [1.82, 2.24) is 9.13 Å². The SMILES string of the molecule is Brc1ccccc1C[n+]1ccc2ccccc2c1.CC(C)C(CO)[n+]1ccc2ccccc2c1.CCCC[n+]1ccccc1.CCCCn1cc[n+](C)c1C.C[n+]1cccc2ccccc21.Cc1[nH+]c2ccccc2o1.Cc1cccc(C)[nH+]1.Cc1n(C)cc[n+]1C.c1cc[nH+]cc1. The fourth-order valence-electron chi connectivity index (χ4n) is 10.3. The smallest absolute Gasteiger partial charge is 0.343 e. The Balaban J connectivity index is 0.000000177. The molecule has 9 heterocycles. The van der Waals surface area contributed by atoms with E-state index in [4.69, 9.17) is 4.42 Å². The number of aromatic nitrogens is 11. The number of pyridine rings is 6. The number of aliphatic hydroxyl groups excluding tert-OH is 1. The minimum absolute atomic E-state index is 0.157. The first-order valence-corrected chi connectivity index (χ1v) is 34.9. The number of hydrogen-bond acceptors (Lipinski definition) is 2. The molecular weight excluding hydrogens is 1270 g/mol. The summed E-state index contributed by atoms with van der Waals surface area (Å²) in [5, 5.41) is 15.7. The van der Waals surface area contributed by atoms with Crippen molar-refractivity contribution in [1.29, 1.82) is 0 Å². The highest BCUT2D eigenvalue weighted by Gasteiger charge is 2.21. The van der Waals surface area contributed by atoms with Crippen molar-refractivity contribution in [3.63, 3.8) is 0 Å². The maximum Gasteiger partial charge on any atom is 0.343 e. The van der Waals surface area contributed by atoms with Crippen LogP contribution in [0.25, 0.3) is 43.5 Å². The molecule has 14 heteroatoms. The number of hydrogen-bond donors (Lipinski definition) is 1. The number of benzene rings is 5. The number of halogens is 1. The van der Waals surface area contributed by atoms with Crippen LogP contribution in [0.1, 0.15) is 93.9 Å². The molecule has 0 aliphatic carbocycles. The van der Waals surface area contributed by atoms with Crippen LogP contribution in [0.3, 0.4) is 0 Å². The lowest BCUT2D eigenvalue weighted by Gasteiger charge is -2.13. The summed E-state index contributed by atoms with van der Waals surface area (Å²) in [6.07, 6.45) is 31.9. The molecule has 98 heavy (non-hydrogen) atoms. The van der Waals surface area contributed by atoms with Crippen molar-refractivity contribution in [3.05, 3.63) is 320 Å². The maximum absolute atomic E-state index is 9.40. The van der Waals surface area contributed by atoms with Crippen LogP contribution >= 0.6 is 15.9 Å². The third kappa shape index (κ3) is 26.6. The zero-order valence-electron chi connectivity index (χ0n) is 60.2. The molecule has 14 rings (SSSR count). The van der Waals surface area contributed by atoms with Gasteiger partial charge in [0.15, 0.2) is 79.7 Å². The number of nitrogens with one attached hydrogen (secondary N) is 3. The average Bonchev–Trinajstić information content (AvgIpc) is 1.59. The van der Waals surface area contributed by atoms with Crippen molar-refractivity contribution in [2.24, 2.45) is 34.1 Å². The number of aryl methyl sites for hydroxylation is 9. The molecule has 0 saturated heterocycles. The monoisotopic (exact) mass is 1380 g/mol. The van der Waals surface area contributed by atoms with Crippen LogP contribution in [0, 0.1) is 40.5 Å². The van der Waals surface area contributed by atoms with Gasteiger partial charge in [-0.2, -0.15) is 9.55 Å². The fraction of sp³-hybridized carbons (Fsp3) is 0.274. The van der Waals surface area contributed by atoms with Gasteiger partial charge in [-0.1, -0.05) is 147 Å². The summed E-state index contributed by atoms with van der Waals surface area (Å²) in [5.74, 6) is 3.88. The van der Waals surface area contributed by atoms with E-state index in [-0.39, 0.29) is 12.6 Å². The molecule has 0 saturated carbocycles. The van der Waals surface area contributed by atoms with E-state index in [0.717, 1.165) is 41.1 Å². The van der Waals surface area contributed by atoms with E-state index < -0.39 is 0 Å². The molecule has 508 valence electrons. The lowest BCUT2D eigenvalue weighted by atomic mass is 10.0. The number of imidazole rings is 2. The van der Waals surface area contributed by atoms with Crippen LogP contribution in [-0.2, 0) is 47.8 Å².